The van der Waals surface area contributed by atoms with Crippen LogP contribution in [0.15, 0.2) is 30.3 Å². The van der Waals surface area contributed by atoms with E-state index in [9.17, 15) is 19.7 Å². The van der Waals surface area contributed by atoms with E-state index in [1.807, 2.05) is 5.43 Å². The average Bonchev–Trinajstić information content (AvgIpc) is 2.32. The number of nitro groups is 1. The van der Waals surface area contributed by atoms with Crippen molar-refractivity contribution in [3.05, 3.63) is 46.0 Å². The molecule has 1 aromatic rings. The minimum absolute atomic E-state index is 0.0393. The number of carbonyl (C=O) groups is 2. The standard InChI is InChI=1S/C10H6N3O4/c14-9-5-8(10(15)12-11-9)6-2-1-3-7(4-6)13(16)17/h1-5H,(H,11,14). The molecule has 1 aliphatic heterocycles. The van der Waals surface area contributed by atoms with Crippen molar-refractivity contribution >= 4 is 23.1 Å². The molecule has 1 heterocycles. The van der Waals surface area contributed by atoms with E-state index in [4.69, 9.17) is 0 Å². The molecule has 85 valence electrons. The Kier molecular flexibility index (Phi) is 2.57. The van der Waals surface area contributed by atoms with Crippen LogP contribution in [0.2, 0.25) is 0 Å². The van der Waals surface area contributed by atoms with Crippen LogP contribution in [0.1, 0.15) is 5.56 Å². The minimum Gasteiger partial charge on any atom is -0.268 e. The van der Waals surface area contributed by atoms with Gasteiger partial charge in [0.25, 0.3) is 17.5 Å². The minimum atomic E-state index is -0.634. The highest BCUT2D eigenvalue weighted by atomic mass is 16.6. The third kappa shape index (κ3) is 2.12. The van der Waals surface area contributed by atoms with Crippen molar-refractivity contribution in [3.8, 4) is 0 Å². The Bertz CT molecular complexity index is 550. The summed E-state index contributed by atoms with van der Waals surface area (Å²) in [6.07, 6.45) is 1.06. The number of carbonyl (C=O) groups excluding carboxylic acids is 2. The molecule has 0 bridgehead atoms. The third-order valence-corrected chi connectivity index (χ3v) is 2.14. The Morgan fingerprint density at radius 3 is 2.76 bits per heavy atom. The zero-order chi connectivity index (χ0) is 12.4. The number of hydrogen-bond acceptors (Lipinski definition) is 4. The van der Waals surface area contributed by atoms with E-state index < -0.39 is 16.7 Å². The van der Waals surface area contributed by atoms with Gasteiger partial charge >= 0.3 is 0 Å². The summed E-state index contributed by atoms with van der Waals surface area (Å²) < 4.78 is 0. The van der Waals surface area contributed by atoms with E-state index in [2.05, 4.69) is 5.43 Å². The molecule has 1 aromatic carbocycles. The molecule has 17 heavy (non-hydrogen) atoms. The summed E-state index contributed by atoms with van der Waals surface area (Å²) in [5, 5.41) is 10.6. The zero-order valence-electron chi connectivity index (χ0n) is 8.41. The average molecular weight is 232 g/mol. The summed E-state index contributed by atoms with van der Waals surface area (Å²) in [4.78, 5) is 32.5. The zero-order valence-corrected chi connectivity index (χ0v) is 8.41. The van der Waals surface area contributed by atoms with Crippen LogP contribution < -0.4 is 10.9 Å². The maximum Gasteiger partial charge on any atom is 0.294 e. The molecule has 0 aliphatic carbocycles. The molecular weight excluding hydrogens is 226 g/mol. The molecule has 0 fully saturated rings. The predicted molar refractivity (Wildman–Crippen MR) is 56.4 cm³/mol. The molecule has 7 nitrogen and oxygen atoms in total. The molecule has 0 saturated carbocycles. The van der Waals surface area contributed by atoms with Crippen LogP contribution in [0, 0.1) is 10.1 Å². The molecule has 7 heteroatoms. The van der Waals surface area contributed by atoms with Crippen molar-refractivity contribution in [2.75, 3.05) is 0 Å². The van der Waals surface area contributed by atoms with Gasteiger partial charge in [-0.1, -0.05) is 12.1 Å². The van der Waals surface area contributed by atoms with Gasteiger partial charge in [0.05, 0.1) is 10.5 Å². The van der Waals surface area contributed by atoms with E-state index >= 15 is 0 Å². The second kappa shape index (κ2) is 4.05. The molecule has 0 saturated heterocycles. The van der Waals surface area contributed by atoms with Gasteiger partial charge in [-0.3, -0.25) is 19.7 Å². The third-order valence-electron chi connectivity index (χ3n) is 2.14. The summed E-state index contributed by atoms with van der Waals surface area (Å²) in [7, 11) is 0. The number of hydrogen-bond donors (Lipinski definition) is 1. The lowest BCUT2D eigenvalue weighted by Gasteiger charge is -2.11. The van der Waals surface area contributed by atoms with Crippen molar-refractivity contribution in [3.63, 3.8) is 0 Å². The Hall–Kier alpha value is -2.70. The lowest BCUT2D eigenvalue weighted by atomic mass is 10.0. The number of benzene rings is 1. The fraction of sp³-hybridized carbons (Fsp3) is 0. The van der Waals surface area contributed by atoms with Gasteiger partial charge in [0.15, 0.2) is 0 Å². The number of nitrogens with one attached hydrogen (secondary N) is 1. The van der Waals surface area contributed by atoms with E-state index in [0.29, 0.717) is 5.56 Å². The van der Waals surface area contributed by atoms with Crippen LogP contribution in [0.5, 0.6) is 0 Å². The topological polar surface area (TPSA) is 103 Å². The maximum atomic E-state index is 11.4. The first-order valence-electron chi connectivity index (χ1n) is 4.59. The lowest BCUT2D eigenvalue weighted by molar-refractivity contribution is -0.384. The molecule has 0 atom stereocenters. The Balaban J connectivity index is 2.46. The van der Waals surface area contributed by atoms with Gasteiger partial charge in [0.2, 0.25) is 0 Å². The summed E-state index contributed by atoms with van der Waals surface area (Å²) in [6.45, 7) is 0. The quantitative estimate of drug-likeness (QED) is 0.579. The van der Waals surface area contributed by atoms with Crippen molar-refractivity contribution in [1.82, 2.24) is 10.9 Å². The fourth-order valence-corrected chi connectivity index (χ4v) is 1.39. The number of amides is 2. The molecule has 1 N–H and O–H groups in total. The summed E-state index contributed by atoms with van der Waals surface area (Å²) in [5.41, 5.74) is 5.44. The molecule has 0 spiro atoms. The van der Waals surface area contributed by atoms with Gasteiger partial charge in [-0.05, 0) is 5.56 Å². The summed E-state index contributed by atoms with van der Waals surface area (Å²) >= 11 is 0. The summed E-state index contributed by atoms with van der Waals surface area (Å²) in [5.74, 6) is -1.17. The highest BCUT2D eigenvalue weighted by Crippen LogP contribution is 2.21. The van der Waals surface area contributed by atoms with Crippen LogP contribution in [-0.4, -0.2) is 16.7 Å². The lowest BCUT2D eigenvalue weighted by Crippen LogP contribution is -2.39. The van der Waals surface area contributed by atoms with Crippen molar-refractivity contribution in [2.24, 2.45) is 0 Å². The van der Waals surface area contributed by atoms with Crippen molar-refractivity contribution in [1.29, 1.82) is 0 Å². The van der Waals surface area contributed by atoms with E-state index in [-0.39, 0.29) is 11.3 Å². The highest BCUT2D eigenvalue weighted by Gasteiger charge is 2.21. The molecular formula is C10H6N3O4. The SMILES string of the molecule is O=C1C=C(c2cccc([N+](=O)[O-])c2)C(=O)[N]N1. The first-order chi connectivity index (χ1) is 8.08. The van der Waals surface area contributed by atoms with Gasteiger partial charge in [0, 0.05) is 18.2 Å². The van der Waals surface area contributed by atoms with Crippen LogP contribution >= 0.6 is 0 Å². The van der Waals surface area contributed by atoms with Gasteiger partial charge < -0.3 is 0 Å². The monoisotopic (exact) mass is 232 g/mol. The van der Waals surface area contributed by atoms with Gasteiger partial charge in [0.1, 0.15) is 0 Å². The molecule has 1 aliphatic rings. The predicted octanol–water partition coefficient (Wildman–Crippen LogP) is 0.154. The van der Waals surface area contributed by atoms with E-state index in [0.717, 1.165) is 6.08 Å². The van der Waals surface area contributed by atoms with Crippen LogP contribution in [0.25, 0.3) is 5.57 Å². The first-order valence-corrected chi connectivity index (χ1v) is 4.59. The smallest absolute Gasteiger partial charge is 0.268 e. The number of nitrogens with zero attached hydrogens (tertiary/aromatic N) is 2. The molecule has 2 amide bonds. The normalized spacial score (nSPS) is 14.7. The van der Waals surface area contributed by atoms with Gasteiger partial charge in [-0.25, -0.2) is 5.43 Å². The fourth-order valence-electron chi connectivity index (χ4n) is 1.39. The highest BCUT2D eigenvalue weighted by molar-refractivity contribution is 6.25. The van der Waals surface area contributed by atoms with E-state index in [1.165, 1.54) is 24.3 Å². The first kappa shape index (κ1) is 10.8. The molecule has 2 rings (SSSR count). The van der Waals surface area contributed by atoms with E-state index in [1.54, 1.807) is 0 Å². The summed E-state index contributed by atoms with van der Waals surface area (Å²) in [6, 6.07) is 5.46. The second-order valence-corrected chi connectivity index (χ2v) is 3.26. The van der Waals surface area contributed by atoms with Gasteiger partial charge in [-0.15, -0.1) is 5.43 Å². The van der Waals surface area contributed by atoms with Crippen molar-refractivity contribution in [2.45, 2.75) is 0 Å². The van der Waals surface area contributed by atoms with Crippen LogP contribution in [-0.2, 0) is 9.59 Å². The molecule has 0 unspecified atom stereocenters. The number of rotatable bonds is 2. The maximum absolute atomic E-state index is 11.4. The Morgan fingerprint density at radius 2 is 2.06 bits per heavy atom. The Morgan fingerprint density at radius 1 is 1.29 bits per heavy atom. The van der Waals surface area contributed by atoms with Crippen LogP contribution in [0.4, 0.5) is 5.69 Å². The van der Waals surface area contributed by atoms with Gasteiger partial charge in [-0.2, -0.15) is 0 Å². The molecule has 1 radical (unpaired) electrons. The Labute approximate surface area is 95.2 Å². The largest absolute Gasteiger partial charge is 0.294 e. The van der Waals surface area contributed by atoms with Crippen LogP contribution in [0.3, 0.4) is 0 Å². The van der Waals surface area contributed by atoms with Crippen molar-refractivity contribution < 1.29 is 14.5 Å². The number of non-ortho nitro benzene ring substituents is 1. The second-order valence-electron chi connectivity index (χ2n) is 3.26. The number of nitro benzene ring substituents is 1. The molecule has 0 aromatic heterocycles.